The van der Waals surface area contributed by atoms with Crippen LogP contribution in [0, 0.1) is 17.3 Å². The molecule has 0 aromatic rings. The monoisotopic (exact) mass is 291 g/mol. The minimum Gasteiger partial charge on any atom is -0.329 e. The van der Waals surface area contributed by atoms with Crippen LogP contribution in [0.2, 0.25) is 0 Å². The van der Waals surface area contributed by atoms with Gasteiger partial charge in [-0.2, -0.15) is 0 Å². The molecule has 1 N–H and O–H groups in total. The van der Waals surface area contributed by atoms with Crippen molar-refractivity contribution in [2.45, 2.75) is 20.3 Å². The predicted octanol–water partition coefficient (Wildman–Crippen LogP) is 2.82. The van der Waals surface area contributed by atoms with Crippen LogP contribution in [0.5, 0.6) is 0 Å². The van der Waals surface area contributed by atoms with Crippen molar-refractivity contribution in [3.63, 3.8) is 0 Å². The highest BCUT2D eigenvalue weighted by Gasteiger charge is 2.52. The second-order valence-corrected chi connectivity index (χ2v) is 5.63. The van der Waals surface area contributed by atoms with Crippen molar-refractivity contribution in [3.05, 3.63) is 22.3 Å². The van der Waals surface area contributed by atoms with Crippen LogP contribution in [0.3, 0.4) is 0 Å². The molecular weight excluding hydrogens is 280 g/mol. The fourth-order valence-corrected chi connectivity index (χ4v) is 2.96. The minimum absolute atomic E-state index is 0.190. The van der Waals surface area contributed by atoms with Crippen LogP contribution >= 0.6 is 15.9 Å². The predicted molar refractivity (Wildman–Crippen MR) is 60.0 cm³/mol. The number of carbonyl (C=O) groups is 1. The maximum atomic E-state index is 13.0. The Morgan fingerprint density at radius 2 is 2.12 bits per heavy atom. The molecular formula is C11H12BrF2NO. The number of fused-ring (bicyclic) bond motifs is 1. The van der Waals surface area contributed by atoms with Gasteiger partial charge in [-0.05, 0) is 6.08 Å². The average Bonchev–Trinajstić information content (AvgIpc) is 2.36. The van der Waals surface area contributed by atoms with Gasteiger partial charge in [0.1, 0.15) is 0 Å². The molecule has 0 aromatic carbocycles. The third kappa shape index (κ3) is 1.61. The molecule has 2 rings (SSSR count). The number of amides is 1. The van der Waals surface area contributed by atoms with Gasteiger partial charge in [-0.3, -0.25) is 4.79 Å². The summed E-state index contributed by atoms with van der Waals surface area (Å²) < 4.78 is 26.5. The van der Waals surface area contributed by atoms with E-state index in [0.717, 1.165) is 0 Å². The zero-order valence-corrected chi connectivity index (χ0v) is 10.5. The first-order valence-corrected chi connectivity index (χ1v) is 5.82. The molecule has 1 aliphatic heterocycles. The molecule has 16 heavy (non-hydrogen) atoms. The van der Waals surface area contributed by atoms with Crippen LogP contribution in [0.25, 0.3) is 0 Å². The lowest BCUT2D eigenvalue weighted by Gasteiger charge is -2.31. The van der Waals surface area contributed by atoms with Crippen LogP contribution in [-0.4, -0.2) is 12.3 Å². The summed E-state index contributed by atoms with van der Waals surface area (Å²) in [4.78, 5) is 11.7. The molecule has 2 nitrogen and oxygen atoms in total. The maximum Gasteiger partial charge on any atom is 0.245 e. The van der Waals surface area contributed by atoms with Gasteiger partial charge in [0.15, 0.2) is 0 Å². The topological polar surface area (TPSA) is 29.1 Å². The Labute approximate surface area is 101 Å². The van der Waals surface area contributed by atoms with E-state index in [1.54, 1.807) is 19.9 Å². The first-order valence-electron chi connectivity index (χ1n) is 5.02. The summed E-state index contributed by atoms with van der Waals surface area (Å²) in [5, 5.41) is 2.68. The summed E-state index contributed by atoms with van der Waals surface area (Å²) in [6.45, 7) is 3.41. The van der Waals surface area contributed by atoms with E-state index >= 15 is 0 Å². The van der Waals surface area contributed by atoms with Gasteiger partial charge in [-0.25, -0.2) is 8.78 Å². The molecule has 1 saturated heterocycles. The highest BCUT2D eigenvalue weighted by atomic mass is 79.9. The Morgan fingerprint density at radius 1 is 1.50 bits per heavy atom. The van der Waals surface area contributed by atoms with Crippen LogP contribution in [-0.2, 0) is 4.79 Å². The third-order valence-electron chi connectivity index (χ3n) is 3.28. The van der Waals surface area contributed by atoms with Crippen molar-refractivity contribution in [2.24, 2.45) is 17.3 Å². The van der Waals surface area contributed by atoms with Crippen LogP contribution < -0.4 is 5.32 Å². The molecule has 1 fully saturated rings. The van der Waals surface area contributed by atoms with Crippen molar-refractivity contribution in [1.82, 2.24) is 5.32 Å². The van der Waals surface area contributed by atoms with Crippen LogP contribution in [0.1, 0.15) is 13.8 Å². The van der Waals surface area contributed by atoms with E-state index < -0.39 is 23.7 Å². The Balaban J connectivity index is 2.45. The molecule has 88 valence electrons. The summed E-state index contributed by atoms with van der Waals surface area (Å²) >= 11 is 3.19. The van der Waals surface area contributed by atoms with Gasteiger partial charge in [0.25, 0.3) is 0 Å². The van der Waals surface area contributed by atoms with Crippen molar-refractivity contribution in [1.29, 1.82) is 0 Å². The SMILES string of the molecule is CC1(C)C(=O)NC2=CC(Br)=CC(C(F)F)C21. The number of carbonyl (C=O) groups excluding carboxylic acids is 1. The van der Waals surface area contributed by atoms with E-state index in [2.05, 4.69) is 21.2 Å². The zero-order chi connectivity index (χ0) is 12.1. The van der Waals surface area contributed by atoms with Gasteiger partial charge in [-0.15, -0.1) is 0 Å². The Bertz CT molecular complexity index is 401. The van der Waals surface area contributed by atoms with E-state index in [9.17, 15) is 13.6 Å². The summed E-state index contributed by atoms with van der Waals surface area (Å²) in [7, 11) is 0. The van der Waals surface area contributed by atoms with Gasteiger partial charge in [0.2, 0.25) is 12.3 Å². The second-order valence-electron chi connectivity index (χ2n) is 4.72. The molecule has 1 heterocycles. The normalized spacial score (nSPS) is 32.0. The van der Waals surface area contributed by atoms with Gasteiger partial charge >= 0.3 is 0 Å². The molecule has 2 unspecified atom stereocenters. The number of hydrogen-bond acceptors (Lipinski definition) is 1. The summed E-state index contributed by atoms with van der Waals surface area (Å²) in [5.74, 6) is -1.56. The lowest BCUT2D eigenvalue weighted by atomic mass is 9.71. The number of halogens is 3. The zero-order valence-electron chi connectivity index (χ0n) is 8.93. The summed E-state index contributed by atoms with van der Waals surface area (Å²) in [6.07, 6.45) is 0.727. The molecule has 2 aliphatic rings. The fourth-order valence-electron chi connectivity index (χ4n) is 2.41. The smallest absolute Gasteiger partial charge is 0.245 e. The maximum absolute atomic E-state index is 13.0. The van der Waals surface area contributed by atoms with Crippen molar-refractivity contribution in [3.8, 4) is 0 Å². The van der Waals surface area contributed by atoms with Crippen LogP contribution in [0.4, 0.5) is 8.78 Å². The third-order valence-corrected chi connectivity index (χ3v) is 3.77. The second kappa shape index (κ2) is 3.65. The summed E-state index contributed by atoms with van der Waals surface area (Å²) in [5.41, 5.74) is -0.188. The molecule has 0 saturated carbocycles. The lowest BCUT2D eigenvalue weighted by Crippen LogP contribution is -2.34. The van der Waals surface area contributed by atoms with Crippen molar-refractivity contribution < 1.29 is 13.6 Å². The summed E-state index contributed by atoms with van der Waals surface area (Å²) in [6, 6.07) is 0. The molecule has 2 atom stereocenters. The van der Waals surface area contributed by atoms with Gasteiger partial charge < -0.3 is 5.32 Å². The molecule has 5 heteroatoms. The first kappa shape index (κ1) is 11.8. The van der Waals surface area contributed by atoms with Gasteiger partial charge in [0, 0.05) is 22.0 Å². The fraction of sp³-hybridized carbons (Fsp3) is 0.545. The number of allylic oxidation sites excluding steroid dienone is 4. The number of rotatable bonds is 1. The Hall–Kier alpha value is -0.710. The van der Waals surface area contributed by atoms with Crippen LogP contribution in [0.15, 0.2) is 22.3 Å². The Kier molecular flexibility index (Phi) is 2.69. The van der Waals surface area contributed by atoms with E-state index in [1.165, 1.54) is 6.08 Å². The van der Waals surface area contributed by atoms with Gasteiger partial charge in [-0.1, -0.05) is 35.9 Å². The molecule has 0 bridgehead atoms. The molecule has 0 spiro atoms. The molecule has 0 aromatic heterocycles. The Morgan fingerprint density at radius 3 is 2.69 bits per heavy atom. The number of nitrogens with one attached hydrogen (secondary N) is 1. The highest BCUT2D eigenvalue weighted by molar-refractivity contribution is 9.11. The van der Waals surface area contributed by atoms with Gasteiger partial charge in [0.05, 0.1) is 5.41 Å². The van der Waals surface area contributed by atoms with E-state index in [4.69, 9.17) is 0 Å². The number of hydrogen-bond donors (Lipinski definition) is 1. The lowest BCUT2D eigenvalue weighted by molar-refractivity contribution is -0.128. The quantitative estimate of drug-likeness (QED) is 0.791. The average molecular weight is 292 g/mol. The first-order chi connectivity index (χ1) is 7.34. The highest BCUT2D eigenvalue weighted by Crippen LogP contribution is 2.48. The minimum atomic E-state index is -2.46. The standard InChI is InChI=1S/C11H12BrF2NO/c1-11(2)8-6(9(13)14)3-5(12)4-7(8)15-10(11)16/h3-4,6,8-9H,1-2H3,(H,15,16). The number of alkyl halides is 2. The molecule has 1 aliphatic carbocycles. The van der Waals surface area contributed by atoms with E-state index in [-0.39, 0.29) is 5.91 Å². The van der Waals surface area contributed by atoms with Crippen molar-refractivity contribution >= 4 is 21.8 Å². The molecule has 1 amide bonds. The molecule has 0 radical (unpaired) electrons. The van der Waals surface area contributed by atoms with E-state index in [0.29, 0.717) is 10.2 Å². The van der Waals surface area contributed by atoms with E-state index in [1.807, 2.05) is 0 Å². The largest absolute Gasteiger partial charge is 0.329 e. The van der Waals surface area contributed by atoms with Crippen molar-refractivity contribution in [2.75, 3.05) is 0 Å².